The Labute approximate surface area is 112 Å². The van der Waals surface area contributed by atoms with Crippen molar-refractivity contribution < 1.29 is 5.11 Å². The van der Waals surface area contributed by atoms with E-state index in [1.54, 1.807) is 4.52 Å². The monoisotopic (exact) mass is 261 g/mol. The molecule has 1 fully saturated rings. The van der Waals surface area contributed by atoms with Gasteiger partial charge in [0.25, 0.3) is 0 Å². The van der Waals surface area contributed by atoms with Crippen LogP contribution < -0.4 is 10.2 Å². The lowest BCUT2D eigenvalue weighted by atomic mass is 10.2. The van der Waals surface area contributed by atoms with Gasteiger partial charge in [0.1, 0.15) is 0 Å². The van der Waals surface area contributed by atoms with Crippen molar-refractivity contribution in [1.29, 1.82) is 0 Å². The number of nitrogens with one attached hydrogen (secondary N) is 1. The maximum Gasteiger partial charge on any atom is 0.245 e. The van der Waals surface area contributed by atoms with Crippen LogP contribution in [0.2, 0.25) is 0 Å². The summed E-state index contributed by atoms with van der Waals surface area (Å²) in [4.78, 5) is 6.56. The number of pyridine rings is 1. The van der Waals surface area contributed by atoms with Crippen LogP contribution in [0.3, 0.4) is 0 Å². The normalized spacial score (nSPS) is 19.1. The number of hydrogen-bond donors (Lipinski definition) is 2. The lowest BCUT2D eigenvalue weighted by molar-refractivity contribution is 0.299. The molecule has 2 aromatic rings. The van der Waals surface area contributed by atoms with Gasteiger partial charge in [0.05, 0.1) is 6.61 Å². The van der Waals surface area contributed by atoms with E-state index < -0.39 is 0 Å². The van der Waals surface area contributed by atoms with E-state index in [0.717, 1.165) is 18.7 Å². The largest absolute Gasteiger partial charge is 0.395 e. The summed E-state index contributed by atoms with van der Waals surface area (Å²) in [5.74, 6) is 0.689. The molecule has 3 rings (SSSR count). The van der Waals surface area contributed by atoms with Gasteiger partial charge in [-0.25, -0.2) is 4.52 Å². The van der Waals surface area contributed by atoms with Crippen LogP contribution in [0.15, 0.2) is 24.4 Å². The van der Waals surface area contributed by atoms with Gasteiger partial charge in [-0.2, -0.15) is 4.98 Å². The van der Waals surface area contributed by atoms with Crippen LogP contribution >= 0.6 is 0 Å². The molecular formula is C13H19N5O. The Morgan fingerprint density at radius 1 is 1.47 bits per heavy atom. The second-order valence-electron chi connectivity index (χ2n) is 4.88. The Morgan fingerprint density at radius 3 is 3.16 bits per heavy atom. The van der Waals surface area contributed by atoms with Gasteiger partial charge < -0.3 is 15.3 Å². The molecule has 1 aliphatic heterocycles. The average Bonchev–Trinajstić information content (AvgIpc) is 3.06. The zero-order valence-corrected chi connectivity index (χ0v) is 10.9. The van der Waals surface area contributed by atoms with Gasteiger partial charge in [0.15, 0.2) is 5.65 Å². The number of nitrogens with zero attached hydrogens (tertiary/aromatic N) is 4. The number of aliphatic hydroxyl groups is 1. The number of rotatable bonds is 5. The van der Waals surface area contributed by atoms with Crippen molar-refractivity contribution >= 4 is 11.6 Å². The van der Waals surface area contributed by atoms with Gasteiger partial charge in [-0.3, -0.25) is 0 Å². The van der Waals surface area contributed by atoms with E-state index >= 15 is 0 Å². The molecule has 19 heavy (non-hydrogen) atoms. The average molecular weight is 261 g/mol. The molecule has 1 atom stereocenters. The first-order valence-electron chi connectivity index (χ1n) is 6.77. The van der Waals surface area contributed by atoms with Crippen molar-refractivity contribution in [2.24, 2.45) is 0 Å². The summed E-state index contributed by atoms with van der Waals surface area (Å²) in [6.07, 6.45) is 4.28. The summed E-state index contributed by atoms with van der Waals surface area (Å²) < 4.78 is 1.77. The van der Waals surface area contributed by atoms with Crippen LogP contribution in [0.25, 0.3) is 5.65 Å². The highest BCUT2D eigenvalue weighted by Crippen LogP contribution is 2.13. The zero-order valence-electron chi connectivity index (χ0n) is 10.9. The molecule has 0 aromatic carbocycles. The maximum absolute atomic E-state index is 9.22. The first-order valence-corrected chi connectivity index (χ1v) is 6.77. The van der Waals surface area contributed by atoms with Crippen LogP contribution in [0.5, 0.6) is 0 Å². The first-order chi connectivity index (χ1) is 9.36. The Hall–Kier alpha value is -1.66. The number of aromatic nitrogens is 3. The quantitative estimate of drug-likeness (QED) is 0.809. The molecule has 6 nitrogen and oxygen atoms in total. The molecule has 3 heterocycles. The lowest BCUT2D eigenvalue weighted by Crippen LogP contribution is -2.39. The van der Waals surface area contributed by atoms with Crippen molar-refractivity contribution in [2.75, 3.05) is 31.1 Å². The minimum absolute atomic E-state index is 0.113. The summed E-state index contributed by atoms with van der Waals surface area (Å²) in [6, 6.07) is 6.28. The Kier molecular flexibility index (Phi) is 3.61. The molecular weight excluding hydrogens is 242 g/mol. The highest BCUT2D eigenvalue weighted by atomic mass is 16.3. The van der Waals surface area contributed by atoms with Crippen molar-refractivity contribution in [3.05, 3.63) is 24.4 Å². The fourth-order valence-electron chi connectivity index (χ4n) is 2.53. The van der Waals surface area contributed by atoms with E-state index in [2.05, 4.69) is 20.3 Å². The molecule has 1 aliphatic rings. The van der Waals surface area contributed by atoms with Gasteiger partial charge in [-0.05, 0) is 31.5 Å². The molecule has 2 aromatic heterocycles. The Bertz CT molecular complexity index is 502. The standard InChI is InChI=1S/C13H19N5O/c19-9-8-17(10-11-4-3-6-14-11)13-15-12-5-1-2-7-18(12)16-13/h1-2,5,7,11,14,19H,3-4,6,8-10H2. The number of anilines is 1. The Morgan fingerprint density at radius 2 is 2.42 bits per heavy atom. The fraction of sp³-hybridized carbons (Fsp3) is 0.538. The lowest BCUT2D eigenvalue weighted by Gasteiger charge is -2.23. The summed E-state index contributed by atoms with van der Waals surface area (Å²) in [7, 11) is 0. The summed E-state index contributed by atoms with van der Waals surface area (Å²) in [5.41, 5.74) is 0.833. The summed E-state index contributed by atoms with van der Waals surface area (Å²) in [6.45, 7) is 2.60. The molecule has 1 saturated heterocycles. The van der Waals surface area contributed by atoms with E-state index in [-0.39, 0.29) is 6.61 Å². The minimum atomic E-state index is 0.113. The van der Waals surface area contributed by atoms with Crippen LogP contribution in [0.4, 0.5) is 5.95 Å². The number of aliphatic hydroxyl groups excluding tert-OH is 1. The van der Waals surface area contributed by atoms with Crippen LogP contribution in [-0.4, -0.2) is 52.0 Å². The number of fused-ring (bicyclic) bond motifs is 1. The third-order valence-corrected chi connectivity index (χ3v) is 3.49. The highest BCUT2D eigenvalue weighted by Gasteiger charge is 2.20. The minimum Gasteiger partial charge on any atom is -0.395 e. The van der Waals surface area contributed by atoms with E-state index in [9.17, 15) is 5.11 Å². The molecule has 0 bridgehead atoms. The molecule has 0 spiro atoms. The van der Waals surface area contributed by atoms with Crippen molar-refractivity contribution in [3.8, 4) is 0 Å². The van der Waals surface area contributed by atoms with E-state index in [0.29, 0.717) is 18.5 Å². The van der Waals surface area contributed by atoms with Gasteiger partial charge >= 0.3 is 0 Å². The number of hydrogen-bond acceptors (Lipinski definition) is 5. The van der Waals surface area contributed by atoms with Crippen molar-refractivity contribution in [3.63, 3.8) is 0 Å². The third kappa shape index (κ3) is 2.69. The predicted molar refractivity (Wildman–Crippen MR) is 73.3 cm³/mol. The molecule has 0 aliphatic carbocycles. The zero-order chi connectivity index (χ0) is 13.1. The summed E-state index contributed by atoms with van der Waals surface area (Å²) in [5, 5.41) is 17.2. The Balaban J connectivity index is 1.81. The highest BCUT2D eigenvalue weighted by molar-refractivity contribution is 5.44. The topological polar surface area (TPSA) is 65.7 Å². The van der Waals surface area contributed by atoms with Crippen LogP contribution in [-0.2, 0) is 0 Å². The van der Waals surface area contributed by atoms with Gasteiger partial charge in [-0.1, -0.05) is 6.07 Å². The molecule has 0 radical (unpaired) electrons. The summed E-state index contributed by atoms with van der Waals surface area (Å²) >= 11 is 0. The fourth-order valence-corrected chi connectivity index (χ4v) is 2.53. The van der Waals surface area contributed by atoms with Crippen molar-refractivity contribution in [1.82, 2.24) is 19.9 Å². The molecule has 1 unspecified atom stereocenters. The van der Waals surface area contributed by atoms with Gasteiger partial charge in [0, 0.05) is 25.3 Å². The SMILES string of the molecule is OCCN(CC1CCCN1)c1nc2ccccn2n1. The second-order valence-corrected chi connectivity index (χ2v) is 4.88. The third-order valence-electron chi connectivity index (χ3n) is 3.49. The molecule has 2 N–H and O–H groups in total. The predicted octanol–water partition coefficient (Wildman–Crippen LogP) is 0.280. The molecule has 6 heteroatoms. The van der Waals surface area contributed by atoms with Gasteiger partial charge in [0.2, 0.25) is 5.95 Å². The van der Waals surface area contributed by atoms with Crippen LogP contribution in [0, 0.1) is 0 Å². The van der Waals surface area contributed by atoms with E-state index in [1.165, 1.54) is 12.8 Å². The maximum atomic E-state index is 9.22. The molecule has 0 amide bonds. The van der Waals surface area contributed by atoms with E-state index in [1.807, 2.05) is 24.4 Å². The molecule has 0 saturated carbocycles. The first kappa shape index (κ1) is 12.4. The smallest absolute Gasteiger partial charge is 0.245 e. The van der Waals surface area contributed by atoms with Crippen LogP contribution in [0.1, 0.15) is 12.8 Å². The molecule has 102 valence electrons. The van der Waals surface area contributed by atoms with Crippen molar-refractivity contribution in [2.45, 2.75) is 18.9 Å². The van der Waals surface area contributed by atoms with Gasteiger partial charge in [-0.15, -0.1) is 5.10 Å². The second kappa shape index (κ2) is 5.54. The van der Waals surface area contributed by atoms with E-state index in [4.69, 9.17) is 0 Å².